The molecule has 0 bridgehead atoms. The minimum Gasteiger partial charge on any atom is -0.508 e. The Kier molecular flexibility index (Phi) is 11.3. The topological polar surface area (TPSA) is 102 Å². The lowest BCUT2D eigenvalue weighted by Gasteiger charge is -2.38. The Balaban J connectivity index is 1.64. The summed E-state index contributed by atoms with van der Waals surface area (Å²) in [7, 11) is -2.44. The highest BCUT2D eigenvalue weighted by Crippen LogP contribution is 2.44. The third-order valence-corrected chi connectivity index (χ3v) is 12.0. The lowest BCUT2D eigenvalue weighted by Crippen LogP contribution is -2.41. The van der Waals surface area contributed by atoms with E-state index in [4.69, 9.17) is 0 Å². The predicted molar refractivity (Wildman–Crippen MR) is 169 cm³/mol. The summed E-state index contributed by atoms with van der Waals surface area (Å²) in [6.07, 6.45) is 1.92. The van der Waals surface area contributed by atoms with Crippen molar-refractivity contribution in [3.8, 4) is 5.75 Å². The van der Waals surface area contributed by atoms with E-state index in [0.717, 1.165) is 29.5 Å². The fourth-order valence-corrected chi connectivity index (χ4v) is 5.84. The fourth-order valence-electron chi connectivity index (χ4n) is 5.10. The van der Waals surface area contributed by atoms with Crippen LogP contribution in [0.3, 0.4) is 0 Å². The average molecular weight is 577 g/mol. The van der Waals surface area contributed by atoms with Gasteiger partial charge in [0.2, 0.25) is 5.91 Å². The van der Waals surface area contributed by atoms with Crippen LogP contribution in [0.4, 0.5) is 0 Å². The molecule has 6 nitrogen and oxygen atoms in total. The zero-order valence-corrected chi connectivity index (χ0v) is 26.4. The van der Waals surface area contributed by atoms with Gasteiger partial charge in [-0.05, 0) is 85.1 Å². The molecule has 1 amide bonds. The molecule has 0 aliphatic rings. The molecule has 0 radical (unpaired) electrons. The van der Waals surface area contributed by atoms with Gasteiger partial charge in [-0.3, -0.25) is 4.79 Å². The van der Waals surface area contributed by atoms with Gasteiger partial charge >= 0.3 is 0 Å². The number of carbonyl (C=O) groups excluding carboxylic acids is 1. The van der Waals surface area contributed by atoms with Gasteiger partial charge in [0.05, 0.1) is 19.1 Å². The van der Waals surface area contributed by atoms with E-state index in [1.165, 1.54) is 5.56 Å². The quantitative estimate of drug-likeness (QED) is 0.152. The molecule has 0 saturated heterocycles. The van der Waals surface area contributed by atoms with Crippen LogP contribution in [0.15, 0.2) is 72.8 Å². The van der Waals surface area contributed by atoms with Gasteiger partial charge in [-0.15, -0.1) is 0 Å². The summed E-state index contributed by atoms with van der Waals surface area (Å²) < 4.78 is 0. The van der Waals surface area contributed by atoms with Gasteiger partial charge in [0.15, 0.2) is 8.32 Å². The molecule has 0 heterocycles. The number of phenols is 1. The molecule has 0 spiro atoms. The number of nitrogens with one attached hydrogen (secondary N) is 2. The molecule has 3 aromatic carbocycles. The number of rotatable bonds is 14. The molecule has 0 fully saturated rings. The average Bonchev–Trinajstić information content (AvgIpc) is 2.91. The second-order valence-corrected chi connectivity index (χ2v) is 17.1. The molecule has 0 saturated carbocycles. The van der Waals surface area contributed by atoms with Gasteiger partial charge in [-0.1, -0.05) is 74.5 Å². The van der Waals surface area contributed by atoms with Crippen LogP contribution in [0.5, 0.6) is 5.75 Å². The molecule has 3 atom stereocenters. The standard InChI is InChI=1S/C34H48N2O4Si/c1-24(17-26-11-10-12-27(18-26)19-33(39)36-25(2)28-13-8-7-9-14-28)35-22-31(21-34(3,4)41(5,6)40)29-15-16-32(38)30(20-29)23-37/h7-16,18,20,24-25,31,35,37-38,40H,17,19,21-23H2,1-6H3,(H,36,39)/t24-,25-,31+/m1/s1. The molecular weight excluding hydrogens is 528 g/mol. The van der Waals surface area contributed by atoms with Crippen LogP contribution >= 0.6 is 0 Å². The van der Waals surface area contributed by atoms with Gasteiger partial charge in [0.25, 0.3) is 0 Å². The molecular formula is C34H48N2O4Si. The second-order valence-electron chi connectivity index (χ2n) is 12.6. The zero-order chi connectivity index (χ0) is 30.2. The number of aliphatic hydroxyl groups is 1. The summed E-state index contributed by atoms with van der Waals surface area (Å²) >= 11 is 0. The van der Waals surface area contributed by atoms with E-state index >= 15 is 0 Å². The summed E-state index contributed by atoms with van der Waals surface area (Å²) in [6.45, 7) is 12.8. The third kappa shape index (κ3) is 9.53. The maximum atomic E-state index is 12.7. The summed E-state index contributed by atoms with van der Waals surface area (Å²) in [6, 6.07) is 23.8. The van der Waals surface area contributed by atoms with Crippen LogP contribution in [0, 0.1) is 0 Å². The second kappa shape index (κ2) is 14.3. The fraction of sp³-hybridized carbons (Fsp3) is 0.441. The molecule has 222 valence electrons. The number of hydrogen-bond acceptors (Lipinski definition) is 5. The summed E-state index contributed by atoms with van der Waals surface area (Å²) in [5.74, 6) is 0.191. The Labute approximate surface area is 247 Å². The maximum Gasteiger partial charge on any atom is 0.224 e. The van der Waals surface area contributed by atoms with E-state index in [2.05, 4.69) is 43.5 Å². The van der Waals surface area contributed by atoms with E-state index in [0.29, 0.717) is 18.5 Å². The van der Waals surface area contributed by atoms with Crippen LogP contribution in [0.2, 0.25) is 18.1 Å². The lowest BCUT2D eigenvalue weighted by atomic mass is 9.88. The van der Waals surface area contributed by atoms with Crippen molar-refractivity contribution in [1.29, 1.82) is 0 Å². The van der Waals surface area contributed by atoms with Crippen LogP contribution in [-0.4, -0.2) is 41.8 Å². The highest BCUT2D eigenvalue weighted by molar-refractivity contribution is 6.72. The summed E-state index contributed by atoms with van der Waals surface area (Å²) in [5, 5.41) is 26.4. The molecule has 3 rings (SSSR count). The minimum atomic E-state index is -2.44. The van der Waals surface area contributed by atoms with E-state index in [9.17, 15) is 19.8 Å². The van der Waals surface area contributed by atoms with Gasteiger partial charge in [-0.2, -0.15) is 0 Å². The molecule has 0 aliphatic carbocycles. The highest BCUT2D eigenvalue weighted by atomic mass is 28.4. The SMILES string of the molecule is C[C@H](Cc1cccc(CC(=O)N[C@H](C)c2ccccc2)c1)NC[C@H](CC(C)(C)[Si](C)(C)O)c1ccc(O)c(CO)c1. The molecule has 7 heteroatoms. The normalized spacial score (nSPS) is 14.3. The molecule has 0 aromatic heterocycles. The van der Waals surface area contributed by atoms with Crippen LogP contribution in [0.25, 0.3) is 0 Å². The van der Waals surface area contributed by atoms with Crippen LogP contribution in [0.1, 0.15) is 73.9 Å². The van der Waals surface area contributed by atoms with E-state index in [1.54, 1.807) is 6.07 Å². The number of carbonyl (C=O) groups is 1. The first-order chi connectivity index (χ1) is 19.3. The lowest BCUT2D eigenvalue weighted by molar-refractivity contribution is -0.121. The molecule has 3 aromatic rings. The van der Waals surface area contributed by atoms with E-state index in [-0.39, 0.29) is 41.3 Å². The first-order valence-corrected chi connectivity index (χ1v) is 17.5. The van der Waals surface area contributed by atoms with Crippen molar-refractivity contribution in [1.82, 2.24) is 10.6 Å². The van der Waals surface area contributed by atoms with Gasteiger partial charge in [0.1, 0.15) is 5.75 Å². The molecule has 41 heavy (non-hydrogen) atoms. The maximum absolute atomic E-state index is 12.7. The Morgan fingerprint density at radius 2 is 1.61 bits per heavy atom. The van der Waals surface area contributed by atoms with Gasteiger partial charge in [0, 0.05) is 18.2 Å². The van der Waals surface area contributed by atoms with E-state index < -0.39 is 8.32 Å². The minimum absolute atomic E-state index is 0.00152. The summed E-state index contributed by atoms with van der Waals surface area (Å²) in [4.78, 5) is 23.7. The van der Waals surface area contributed by atoms with Gasteiger partial charge in [-0.25, -0.2) is 0 Å². The first-order valence-electron chi connectivity index (χ1n) is 14.6. The number of benzene rings is 3. The third-order valence-electron chi connectivity index (χ3n) is 8.45. The Hall–Kier alpha value is -2.97. The van der Waals surface area contributed by atoms with Crippen LogP contribution in [-0.2, 0) is 24.2 Å². The Morgan fingerprint density at radius 3 is 2.27 bits per heavy atom. The number of amides is 1. The largest absolute Gasteiger partial charge is 0.508 e. The number of aliphatic hydroxyl groups excluding tert-OH is 1. The van der Waals surface area contributed by atoms with Crippen molar-refractivity contribution in [2.24, 2.45) is 0 Å². The Bertz CT molecular complexity index is 1270. The molecule has 5 N–H and O–H groups in total. The van der Waals surface area contributed by atoms with Crippen molar-refractivity contribution in [3.63, 3.8) is 0 Å². The zero-order valence-electron chi connectivity index (χ0n) is 25.4. The van der Waals surface area contributed by atoms with Crippen LogP contribution < -0.4 is 10.6 Å². The van der Waals surface area contributed by atoms with Crippen molar-refractivity contribution in [2.75, 3.05) is 6.54 Å². The van der Waals surface area contributed by atoms with E-state index in [1.807, 2.05) is 74.6 Å². The molecule has 0 unspecified atom stereocenters. The molecule has 0 aliphatic heterocycles. The smallest absolute Gasteiger partial charge is 0.224 e. The summed E-state index contributed by atoms with van der Waals surface area (Å²) in [5.41, 5.74) is 4.79. The van der Waals surface area contributed by atoms with Crippen molar-refractivity contribution in [3.05, 3.63) is 101 Å². The number of hydrogen-bond donors (Lipinski definition) is 5. The highest BCUT2D eigenvalue weighted by Gasteiger charge is 2.40. The van der Waals surface area contributed by atoms with Crippen molar-refractivity contribution in [2.45, 2.75) is 89.7 Å². The van der Waals surface area contributed by atoms with Crippen molar-refractivity contribution < 1.29 is 19.8 Å². The Morgan fingerprint density at radius 1 is 0.927 bits per heavy atom. The predicted octanol–water partition coefficient (Wildman–Crippen LogP) is 5.98. The van der Waals surface area contributed by atoms with Crippen molar-refractivity contribution >= 4 is 14.2 Å². The monoisotopic (exact) mass is 576 g/mol. The van der Waals surface area contributed by atoms with Gasteiger partial charge < -0.3 is 25.6 Å². The first kappa shape index (κ1) is 32.5. The number of aromatic hydroxyl groups is 1.